The third-order valence-corrected chi connectivity index (χ3v) is 7.35. The van der Waals surface area contributed by atoms with Gasteiger partial charge in [0.25, 0.3) is 5.69 Å². The van der Waals surface area contributed by atoms with E-state index in [1.807, 2.05) is 21.6 Å². The molecule has 1 heterocycles. The summed E-state index contributed by atoms with van der Waals surface area (Å²) in [5, 5.41) is 11.3. The molecule has 31 heavy (non-hydrogen) atoms. The number of nitro benzene ring substituents is 1. The fraction of sp³-hybridized carbons (Fsp3) is 0.550. The van der Waals surface area contributed by atoms with E-state index in [0.717, 1.165) is 19.3 Å². The van der Waals surface area contributed by atoms with E-state index in [2.05, 4.69) is 0 Å². The van der Waals surface area contributed by atoms with Crippen LogP contribution in [0.2, 0.25) is 0 Å². The number of nitrogens with zero attached hydrogens (tertiary/aromatic N) is 1. The largest absolute Gasteiger partial charge is 0.513 e. The first kappa shape index (κ1) is 25.0. The Labute approximate surface area is 188 Å². The molecule has 2 rings (SSSR count). The maximum Gasteiger partial charge on any atom is 0.513 e. The molecule has 9 nitrogen and oxygen atoms in total. The van der Waals surface area contributed by atoms with Crippen LogP contribution in [0.15, 0.2) is 24.3 Å². The zero-order valence-electron chi connectivity index (χ0n) is 17.0. The Bertz CT molecular complexity index is 750. The number of unbranched alkanes of at least 4 members (excludes halogenated alkanes) is 1. The van der Waals surface area contributed by atoms with Crippen LogP contribution in [0, 0.1) is 10.1 Å². The molecule has 170 valence electrons. The van der Waals surface area contributed by atoms with E-state index in [1.54, 1.807) is 0 Å². The van der Waals surface area contributed by atoms with Gasteiger partial charge in [-0.1, -0.05) is 28.0 Å². The van der Waals surface area contributed by atoms with Gasteiger partial charge < -0.3 is 14.2 Å². The number of benzene rings is 1. The zero-order valence-corrected chi connectivity index (χ0v) is 18.6. The summed E-state index contributed by atoms with van der Waals surface area (Å²) in [5.41, 5.74) is -0.123. The number of hydrogen-bond acceptors (Lipinski definition) is 10. The lowest BCUT2D eigenvalue weighted by Crippen LogP contribution is -2.15. The van der Waals surface area contributed by atoms with Gasteiger partial charge in [0.1, 0.15) is 12.4 Å². The molecule has 1 fully saturated rings. The molecule has 0 N–H and O–H groups in total. The number of carbonyl (C=O) groups excluding carboxylic acids is 3. The summed E-state index contributed by atoms with van der Waals surface area (Å²) in [5.74, 6) is 0.690. The topological polar surface area (TPSA) is 122 Å². The highest BCUT2D eigenvalue weighted by Crippen LogP contribution is 2.39. The predicted molar refractivity (Wildman–Crippen MR) is 117 cm³/mol. The Morgan fingerprint density at radius 2 is 1.84 bits per heavy atom. The monoisotopic (exact) mass is 471 g/mol. The van der Waals surface area contributed by atoms with Gasteiger partial charge in [-0.05, 0) is 37.8 Å². The average Bonchev–Trinajstić information content (AvgIpc) is 3.27. The van der Waals surface area contributed by atoms with E-state index in [-0.39, 0.29) is 49.2 Å². The zero-order chi connectivity index (χ0) is 22.5. The molecule has 1 saturated heterocycles. The van der Waals surface area contributed by atoms with Crippen LogP contribution in [0.3, 0.4) is 0 Å². The number of esters is 1. The molecule has 1 aromatic carbocycles. The van der Waals surface area contributed by atoms with Gasteiger partial charge in [-0.3, -0.25) is 19.7 Å². The highest BCUT2D eigenvalue weighted by Gasteiger charge is 2.16. The van der Waals surface area contributed by atoms with Crippen molar-refractivity contribution in [1.82, 2.24) is 0 Å². The van der Waals surface area contributed by atoms with Gasteiger partial charge in [0, 0.05) is 36.0 Å². The van der Waals surface area contributed by atoms with E-state index in [0.29, 0.717) is 11.7 Å². The lowest BCUT2D eigenvalue weighted by atomic mass is 10.1. The second kappa shape index (κ2) is 13.9. The Balaban J connectivity index is 1.47. The van der Waals surface area contributed by atoms with E-state index >= 15 is 0 Å². The third kappa shape index (κ3) is 10.5. The van der Waals surface area contributed by atoms with E-state index in [9.17, 15) is 24.5 Å². The summed E-state index contributed by atoms with van der Waals surface area (Å²) in [7, 11) is 3.82. The van der Waals surface area contributed by atoms with E-state index < -0.39 is 11.1 Å². The van der Waals surface area contributed by atoms with Crippen LogP contribution in [-0.2, 0) is 19.1 Å². The first-order valence-electron chi connectivity index (χ1n) is 9.98. The van der Waals surface area contributed by atoms with Crippen molar-refractivity contribution in [3.05, 3.63) is 34.4 Å². The molecule has 1 aliphatic rings. The Morgan fingerprint density at radius 3 is 2.52 bits per heavy atom. The minimum Gasteiger partial charge on any atom is -0.458 e. The molecule has 1 unspecified atom stereocenters. The molecule has 1 aromatic rings. The van der Waals surface area contributed by atoms with Gasteiger partial charge in [0.15, 0.2) is 5.78 Å². The fourth-order valence-corrected chi connectivity index (χ4v) is 5.73. The van der Waals surface area contributed by atoms with Crippen LogP contribution in [0.5, 0.6) is 5.75 Å². The molecular weight excluding hydrogens is 446 g/mol. The number of hydrogen-bond donors (Lipinski definition) is 0. The van der Waals surface area contributed by atoms with Crippen LogP contribution in [0.25, 0.3) is 0 Å². The lowest BCUT2D eigenvalue weighted by Gasteiger charge is -2.07. The van der Waals surface area contributed by atoms with Crippen molar-refractivity contribution in [3.63, 3.8) is 0 Å². The summed E-state index contributed by atoms with van der Waals surface area (Å²) in [6, 6.07) is 4.97. The Kier molecular flexibility index (Phi) is 11.2. The molecule has 0 bridgehead atoms. The van der Waals surface area contributed by atoms with Crippen LogP contribution in [-0.4, -0.2) is 47.0 Å². The first-order chi connectivity index (χ1) is 14.9. The van der Waals surface area contributed by atoms with Crippen molar-refractivity contribution in [3.8, 4) is 5.75 Å². The number of nitro groups is 1. The molecule has 0 spiro atoms. The van der Waals surface area contributed by atoms with Crippen LogP contribution in [0.4, 0.5) is 10.5 Å². The van der Waals surface area contributed by atoms with Crippen LogP contribution in [0.1, 0.15) is 44.9 Å². The highest BCUT2D eigenvalue weighted by molar-refractivity contribution is 8.77. The summed E-state index contributed by atoms with van der Waals surface area (Å²) in [4.78, 5) is 45.0. The first-order valence-corrected chi connectivity index (χ1v) is 12.4. The number of carbonyl (C=O) groups is 3. The van der Waals surface area contributed by atoms with Crippen molar-refractivity contribution >= 4 is 45.2 Å². The standard InChI is InChI=1S/C20H25NO8S2/c22-16(14-28-19(23)6-2-1-5-18-11-13-30-31-18)4-3-12-27-20(24)29-17-9-7-15(8-10-17)21(25)26/h7-10,18H,1-6,11-14H2. The van der Waals surface area contributed by atoms with Gasteiger partial charge in [-0.2, -0.15) is 0 Å². The minimum atomic E-state index is -0.970. The highest BCUT2D eigenvalue weighted by atomic mass is 33.1. The Morgan fingerprint density at radius 1 is 1.06 bits per heavy atom. The number of non-ortho nitro benzene ring substituents is 1. The van der Waals surface area contributed by atoms with Crippen molar-refractivity contribution in [2.24, 2.45) is 0 Å². The van der Waals surface area contributed by atoms with Gasteiger partial charge >= 0.3 is 12.1 Å². The number of ketones is 1. The van der Waals surface area contributed by atoms with Crippen LogP contribution < -0.4 is 4.74 Å². The van der Waals surface area contributed by atoms with Gasteiger partial charge in [0.05, 0.1) is 11.5 Å². The molecule has 0 aromatic heterocycles. The van der Waals surface area contributed by atoms with Crippen molar-refractivity contribution < 1.29 is 33.5 Å². The normalized spacial score (nSPS) is 15.3. The molecule has 0 saturated carbocycles. The maximum absolute atomic E-state index is 11.8. The third-order valence-electron chi connectivity index (χ3n) is 4.35. The molecule has 0 radical (unpaired) electrons. The molecule has 11 heteroatoms. The minimum absolute atomic E-state index is 0.0387. The summed E-state index contributed by atoms with van der Waals surface area (Å²) in [6.45, 7) is -0.315. The molecule has 1 atom stereocenters. The molecule has 1 aliphatic heterocycles. The number of ether oxygens (including phenoxy) is 3. The molecule has 0 aliphatic carbocycles. The summed E-state index contributed by atoms with van der Waals surface area (Å²) in [6.07, 6.45) is 3.80. The average molecular weight is 472 g/mol. The van der Waals surface area contributed by atoms with E-state index in [1.165, 1.54) is 36.4 Å². The van der Waals surface area contributed by atoms with Gasteiger partial charge in [-0.15, -0.1) is 0 Å². The van der Waals surface area contributed by atoms with Gasteiger partial charge in [-0.25, -0.2) is 4.79 Å². The SMILES string of the molecule is O=C(CCCOC(=O)Oc1ccc([N+](=O)[O-])cc1)COC(=O)CCCCC1CCSS1. The molecular formula is C20H25NO8S2. The Hall–Kier alpha value is -2.27. The summed E-state index contributed by atoms with van der Waals surface area (Å²) >= 11 is 0. The van der Waals surface area contributed by atoms with Crippen molar-refractivity contribution in [2.45, 2.75) is 50.2 Å². The lowest BCUT2D eigenvalue weighted by molar-refractivity contribution is -0.384. The van der Waals surface area contributed by atoms with Crippen LogP contribution >= 0.6 is 21.6 Å². The predicted octanol–water partition coefficient (Wildman–Crippen LogP) is 4.72. The molecule has 0 amide bonds. The number of Topliss-reactive ketones (excluding diaryl/α,β-unsaturated/α-hetero) is 1. The second-order valence-electron chi connectivity index (χ2n) is 6.83. The van der Waals surface area contributed by atoms with Crippen molar-refractivity contribution in [2.75, 3.05) is 19.0 Å². The quantitative estimate of drug-likeness (QED) is 0.0997. The second-order valence-corrected chi connectivity index (χ2v) is 9.62. The van der Waals surface area contributed by atoms with Gasteiger partial charge in [0.2, 0.25) is 0 Å². The van der Waals surface area contributed by atoms with E-state index in [4.69, 9.17) is 14.2 Å². The van der Waals surface area contributed by atoms with Crippen molar-refractivity contribution in [1.29, 1.82) is 0 Å². The summed E-state index contributed by atoms with van der Waals surface area (Å²) < 4.78 is 14.7. The maximum atomic E-state index is 11.8. The fourth-order valence-electron chi connectivity index (χ4n) is 2.70. The number of rotatable bonds is 13. The smallest absolute Gasteiger partial charge is 0.458 e.